The summed E-state index contributed by atoms with van der Waals surface area (Å²) in [5.41, 5.74) is 2.06. The van der Waals surface area contributed by atoms with Crippen molar-refractivity contribution in [3.05, 3.63) is 90.0 Å². The summed E-state index contributed by atoms with van der Waals surface area (Å²) in [5.74, 6) is -0.112. The third-order valence-corrected chi connectivity index (χ3v) is 8.05. The van der Waals surface area contributed by atoms with Crippen LogP contribution in [0.5, 0.6) is 5.75 Å². The molecule has 0 bridgehead atoms. The predicted molar refractivity (Wildman–Crippen MR) is 153 cm³/mol. The number of methoxy groups -OCH3 is 1. The number of anilines is 1. The Labute approximate surface area is 231 Å². The standard InChI is InChI=1S/C30H37N3O5S/c1-6-28(30(35)31-22(2)3)32(20-24-14-16-26(38-5)17-15-24)29(34)21-33(25-10-8-7-9-11-25)39(36,37)27-18-12-23(4)13-19-27/h7-19,22,28H,6,20-21H2,1-5H3,(H,31,35)/t28-/m0/s1. The highest BCUT2D eigenvalue weighted by molar-refractivity contribution is 7.92. The molecule has 0 fully saturated rings. The number of nitrogens with zero attached hydrogens (tertiary/aromatic N) is 2. The van der Waals surface area contributed by atoms with E-state index >= 15 is 0 Å². The summed E-state index contributed by atoms with van der Waals surface area (Å²) >= 11 is 0. The van der Waals surface area contributed by atoms with Gasteiger partial charge in [0.25, 0.3) is 10.0 Å². The summed E-state index contributed by atoms with van der Waals surface area (Å²) < 4.78 is 34.0. The molecule has 0 unspecified atom stereocenters. The molecule has 0 spiro atoms. The summed E-state index contributed by atoms with van der Waals surface area (Å²) in [5, 5.41) is 2.89. The maximum Gasteiger partial charge on any atom is 0.264 e. The van der Waals surface area contributed by atoms with Crippen molar-refractivity contribution in [2.75, 3.05) is 18.0 Å². The maximum atomic E-state index is 14.0. The summed E-state index contributed by atoms with van der Waals surface area (Å²) in [6.07, 6.45) is 0.358. The van der Waals surface area contributed by atoms with Gasteiger partial charge in [0.1, 0.15) is 18.3 Å². The van der Waals surface area contributed by atoms with Crippen LogP contribution in [0, 0.1) is 6.92 Å². The maximum absolute atomic E-state index is 14.0. The Kier molecular flexibility index (Phi) is 10.1. The van der Waals surface area contributed by atoms with Gasteiger partial charge in [-0.15, -0.1) is 0 Å². The molecule has 1 N–H and O–H groups in total. The van der Waals surface area contributed by atoms with E-state index in [2.05, 4.69) is 5.32 Å². The molecule has 0 heterocycles. The highest BCUT2D eigenvalue weighted by atomic mass is 32.2. The summed E-state index contributed by atoms with van der Waals surface area (Å²) in [6, 6.07) is 21.3. The second kappa shape index (κ2) is 13.3. The Hall–Kier alpha value is -3.85. The largest absolute Gasteiger partial charge is 0.497 e. The van der Waals surface area contributed by atoms with Crippen LogP contribution in [0.15, 0.2) is 83.8 Å². The van der Waals surface area contributed by atoms with Crippen LogP contribution in [-0.4, -0.2) is 50.9 Å². The number of hydrogen-bond donors (Lipinski definition) is 1. The summed E-state index contributed by atoms with van der Waals surface area (Å²) in [7, 11) is -2.51. The Morgan fingerprint density at radius 2 is 1.54 bits per heavy atom. The van der Waals surface area contributed by atoms with Crippen LogP contribution in [0.1, 0.15) is 38.3 Å². The van der Waals surface area contributed by atoms with Crippen molar-refractivity contribution >= 4 is 27.5 Å². The van der Waals surface area contributed by atoms with E-state index in [0.29, 0.717) is 17.9 Å². The number of carbonyl (C=O) groups excluding carboxylic acids is 2. The molecule has 0 aliphatic heterocycles. The normalized spacial score (nSPS) is 12.1. The number of benzene rings is 3. The molecule has 0 aliphatic carbocycles. The summed E-state index contributed by atoms with van der Waals surface area (Å²) in [6.45, 7) is 7.06. The van der Waals surface area contributed by atoms with Crippen molar-refractivity contribution in [2.24, 2.45) is 0 Å². The lowest BCUT2D eigenvalue weighted by Gasteiger charge is -2.33. The number of amides is 2. The second-order valence-electron chi connectivity index (χ2n) is 9.62. The van der Waals surface area contributed by atoms with Crippen molar-refractivity contribution in [3.8, 4) is 5.75 Å². The van der Waals surface area contributed by atoms with Crippen molar-refractivity contribution in [1.29, 1.82) is 0 Å². The second-order valence-corrected chi connectivity index (χ2v) is 11.5. The molecular weight excluding hydrogens is 514 g/mol. The quantitative estimate of drug-likeness (QED) is 0.357. The van der Waals surface area contributed by atoms with Crippen LogP contribution in [0.4, 0.5) is 5.69 Å². The molecule has 39 heavy (non-hydrogen) atoms. The Bertz CT molecular complexity index is 1340. The Morgan fingerprint density at radius 1 is 0.923 bits per heavy atom. The van der Waals surface area contributed by atoms with E-state index in [9.17, 15) is 18.0 Å². The zero-order chi connectivity index (χ0) is 28.6. The van der Waals surface area contributed by atoms with E-state index in [4.69, 9.17) is 4.74 Å². The molecule has 0 saturated carbocycles. The lowest BCUT2D eigenvalue weighted by atomic mass is 10.1. The van der Waals surface area contributed by atoms with Crippen LogP contribution in [0.2, 0.25) is 0 Å². The Morgan fingerprint density at radius 3 is 2.08 bits per heavy atom. The molecule has 0 aliphatic rings. The van der Waals surface area contributed by atoms with Crippen molar-refractivity contribution in [2.45, 2.75) is 57.6 Å². The van der Waals surface area contributed by atoms with E-state index < -0.39 is 28.5 Å². The lowest BCUT2D eigenvalue weighted by Crippen LogP contribution is -2.53. The molecule has 1 atom stereocenters. The number of aryl methyl sites for hydroxylation is 1. The first-order valence-electron chi connectivity index (χ1n) is 12.9. The van der Waals surface area contributed by atoms with E-state index in [-0.39, 0.29) is 23.4 Å². The highest BCUT2D eigenvalue weighted by Crippen LogP contribution is 2.25. The first-order chi connectivity index (χ1) is 18.6. The monoisotopic (exact) mass is 551 g/mol. The van der Waals surface area contributed by atoms with Gasteiger partial charge in [0.15, 0.2) is 0 Å². The minimum absolute atomic E-state index is 0.0797. The lowest BCUT2D eigenvalue weighted by molar-refractivity contribution is -0.140. The fraction of sp³-hybridized carbons (Fsp3) is 0.333. The third kappa shape index (κ3) is 7.60. The van der Waals surface area contributed by atoms with E-state index in [0.717, 1.165) is 15.4 Å². The molecule has 0 aromatic heterocycles. The van der Waals surface area contributed by atoms with Crippen molar-refractivity contribution < 1.29 is 22.7 Å². The predicted octanol–water partition coefficient (Wildman–Crippen LogP) is 4.53. The minimum Gasteiger partial charge on any atom is -0.497 e. The molecule has 3 aromatic rings. The molecule has 0 radical (unpaired) electrons. The van der Waals surface area contributed by atoms with Gasteiger partial charge in [0.2, 0.25) is 11.8 Å². The van der Waals surface area contributed by atoms with Gasteiger partial charge in [0.05, 0.1) is 17.7 Å². The summed E-state index contributed by atoms with van der Waals surface area (Å²) in [4.78, 5) is 28.7. The number of hydrogen-bond acceptors (Lipinski definition) is 5. The molecule has 3 aromatic carbocycles. The first kappa shape index (κ1) is 29.7. The number of ether oxygens (including phenoxy) is 1. The molecule has 0 saturated heterocycles. The van der Waals surface area contributed by atoms with Crippen LogP contribution < -0.4 is 14.4 Å². The molecule has 3 rings (SSSR count). The average molecular weight is 552 g/mol. The molecular formula is C30H37N3O5S. The van der Waals surface area contributed by atoms with Crippen LogP contribution >= 0.6 is 0 Å². The minimum atomic E-state index is -4.08. The fourth-order valence-corrected chi connectivity index (χ4v) is 5.60. The van der Waals surface area contributed by atoms with Crippen LogP contribution in [0.25, 0.3) is 0 Å². The van der Waals surface area contributed by atoms with E-state index in [1.165, 1.54) is 17.0 Å². The zero-order valence-electron chi connectivity index (χ0n) is 23.1. The third-order valence-electron chi connectivity index (χ3n) is 6.26. The van der Waals surface area contributed by atoms with E-state index in [1.54, 1.807) is 61.7 Å². The van der Waals surface area contributed by atoms with Crippen LogP contribution in [-0.2, 0) is 26.2 Å². The van der Waals surface area contributed by atoms with Crippen molar-refractivity contribution in [3.63, 3.8) is 0 Å². The first-order valence-corrected chi connectivity index (χ1v) is 14.4. The van der Waals surface area contributed by atoms with Crippen molar-refractivity contribution in [1.82, 2.24) is 10.2 Å². The number of sulfonamides is 1. The van der Waals surface area contributed by atoms with Gasteiger partial charge in [-0.25, -0.2) is 8.42 Å². The smallest absolute Gasteiger partial charge is 0.264 e. The SMILES string of the molecule is CC[C@@H](C(=O)NC(C)C)N(Cc1ccc(OC)cc1)C(=O)CN(c1ccccc1)S(=O)(=O)c1ccc(C)cc1. The topological polar surface area (TPSA) is 96.0 Å². The zero-order valence-corrected chi connectivity index (χ0v) is 23.9. The van der Waals surface area contributed by atoms with Gasteiger partial charge in [-0.05, 0) is 69.2 Å². The number of nitrogens with one attached hydrogen (secondary N) is 1. The number of carbonyl (C=O) groups is 2. The van der Waals surface area contributed by atoms with Gasteiger partial charge in [-0.3, -0.25) is 13.9 Å². The van der Waals surface area contributed by atoms with Gasteiger partial charge < -0.3 is 15.0 Å². The average Bonchev–Trinajstić information content (AvgIpc) is 2.92. The molecule has 2 amide bonds. The molecule has 9 heteroatoms. The molecule has 8 nitrogen and oxygen atoms in total. The highest BCUT2D eigenvalue weighted by Gasteiger charge is 2.33. The van der Waals surface area contributed by atoms with Gasteiger partial charge in [-0.1, -0.05) is 55.0 Å². The van der Waals surface area contributed by atoms with Gasteiger partial charge in [0, 0.05) is 12.6 Å². The number of rotatable bonds is 12. The Balaban J connectivity index is 2.03. The van der Waals surface area contributed by atoms with Crippen LogP contribution in [0.3, 0.4) is 0 Å². The van der Waals surface area contributed by atoms with E-state index in [1.807, 2.05) is 39.8 Å². The van der Waals surface area contributed by atoms with Gasteiger partial charge in [-0.2, -0.15) is 0 Å². The van der Waals surface area contributed by atoms with Gasteiger partial charge >= 0.3 is 0 Å². The fourth-order valence-electron chi connectivity index (χ4n) is 4.19. The molecule has 208 valence electrons. The number of para-hydroxylation sites is 1.